The van der Waals surface area contributed by atoms with Crippen LogP contribution >= 0.6 is 0 Å². The van der Waals surface area contributed by atoms with Crippen LogP contribution in [0.25, 0.3) is 0 Å². The van der Waals surface area contributed by atoms with Crippen LogP contribution in [0.5, 0.6) is 0 Å². The lowest BCUT2D eigenvalue weighted by Gasteiger charge is -2.19. The Morgan fingerprint density at radius 2 is 2.00 bits per heavy atom. The van der Waals surface area contributed by atoms with Gasteiger partial charge < -0.3 is 15.1 Å². The summed E-state index contributed by atoms with van der Waals surface area (Å²) in [6.45, 7) is 10.6. The summed E-state index contributed by atoms with van der Waals surface area (Å²) in [6.07, 6.45) is 1.32. The largest absolute Gasteiger partial charge is 0.316 e. The molecule has 3 nitrogen and oxygen atoms in total. The maximum absolute atomic E-state index is 3.37. The first kappa shape index (κ1) is 11.0. The van der Waals surface area contributed by atoms with Gasteiger partial charge in [0, 0.05) is 26.2 Å². The highest BCUT2D eigenvalue weighted by molar-refractivity contribution is 4.67. The van der Waals surface area contributed by atoms with E-state index < -0.39 is 0 Å². The van der Waals surface area contributed by atoms with Gasteiger partial charge in [0.1, 0.15) is 0 Å². The Morgan fingerprint density at radius 1 is 1.15 bits per heavy atom. The molecule has 0 atom stereocenters. The zero-order chi connectivity index (χ0) is 9.52. The summed E-state index contributed by atoms with van der Waals surface area (Å²) >= 11 is 0. The van der Waals surface area contributed by atoms with Gasteiger partial charge in [-0.15, -0.1) is 0 Å². The molecule has 1 heterocycles. The van der Waals surface area contributed by atoms with Crippen molar-refractivity contribution in [3.05, 3.63) is 0 Å². The van der Waals surface area contributed by atoms with Crippen molar-refractivity contribution in [2.24, 2.45) is 0 Å². The highest BCUT2D eigenvalue weighted by atomic mass is 15.2. The summed E-state index contributed by atoms with van der Waals surface area (Å²) in [7, 11) is 2.22. The molecule has 3 heteroatoms. The van der Waals surface area contributed by atoms with E-state index in [1.165, 1.54) is 39.1 Å². The summed E-state index contributed by atoms with van der Waals surface area (Å²) in [6, 6.07) is 0. The lowest BCUT2D eigenvalue weighted by Crippen LogP contribution is -2.34. The Bertz CT molecular complexity index is 127. The second-order valence-corrected chi connectivity index (χ2v) is 3.85. The summed E-state index contributed by atoms with van der Waals surface area (Å²) in [5.41, 5.74) is 0. The zero-order valence-electron chi connectivity index (χ0n) is 9.05. The molecular formula is C10H23N3. The van der Waals surface area contributed by atoms with Gasteiger partial charge in [-0.25, -0.2) is 0 Å². The molecule has 0 saturated carbocycles. The molecule has 0 bridgehead atoms. The summed E-state index contributed by atoms with van der Waals surface area (Å²) in [5, 5.41) is 3.37. The van der Waals surface area contributed by atoms with Gasteiger partial charge in [-0.05, 0) is 33.1 Å². The predicted molar refractivity (Wildman–Crippen MR) is 57.1 cm³/mol. The van der Waals surface area contributed by atoms with Crippen molar-refractivity contribution in [1.29, 1.82) is 0 Å². The van der Waals surface area contributed by atoms with Crippen LogP contribution in [0.3, 0.4) is 0 Å². The third-order valence-electron chi connectivity index (χ3n) is 2.67. The van der Waals surface area contributed by atoms with Gasteiger partial charge in [0.05, 0.1) is 0 Å². The van der Waals surface area contributed by atoms with Crippen LogP contribution in [-0.2, 0) is 0 Å². The molecule has 0 unspecified atom stereocenters. The first-order valence-electron chi connectivity index (χ1n) is 5.44. The first-order chi connectivity index (χ1) is 6.33. The Labute approximate surface area is 82.1 Å². The second kappa shape index (κ2) is 6.35. The van der Waals surface area contributed by atoms with Crippen LogP contribution in [0.2, 0.25) is 0 Å². The molecule has 1 rings (SSSR count). The van der Waals surface area contributed by atoms with Gasteiger partial charge in [-0.1, -0.05) is 6.92 Å². The van der Waals surface area contributed by atoms with Crippen molar-refractivity contribution in [3.63, 3.8) is 0 Å². The van der Waals surface area contributed by atoms with E-state index in [2.05, 4.69) is 29.1 Å². The van der Waals surface area contributed by atoms with Crippen LogP contribution in [0, 0.1) is 0 Å². The van der Waals surface area contributed by atoms with E-state index in [0.29, 0.717) is 0 Å². The number of hydrogen-bond donors (Lipinski definition) is 1. The summed E-state index contributed by atoms with van der Waals surface area (Å²) in [4.78, 5) is 4.99. The van der Waals surface area contributed by atoms with Gasteiger partial charge >= 0.3 is 0 Å². The van der Waals surface area contributed by atoms with Gasteiger partial charge in [-0.2, -0.15) is 0 Å². The molecule has 0 radical (unpaired) electrons. The Hall–Kier alpha value is -0.120. The van der Waals surface area contributed by atoms with Crippen molar-refractivity contribution in [3.8, 4) is 0 Å². The number of rotatable bonds is 4. The fourth-order valence-electron chi connectivity index (χ4n) is 1.74. The molecule has 0 spiro atoms. The fraction of sp³-hybridized carbons (Fsp3) is 1.00. The minimum absolute atomic E-state index is 1.09. The van der Waals surface area contributed by atoms with Crippen LogP contribution in [0.15, 0.2) is 0 Å². The predicted octanol–water partition coefficient (Wildman–Crippen LogP) is 0.233. The molecule has 78 valence electrons. The monoisotopic (exact) mass is 185 g/mol. The second-order valence-electron chi connectivity index (χ2n) is 3.85. The van der Waals surface area contributed by atoms with E-state index in [0.717, 1.165) is 13.1 Å². The molecule has 0 aromatic carbocycles. The van der Waals surface area contributed by atoms with Crippen LogP contribution in [-0.4, -0.2) is 62.7 Å². The quantitative estimate of drug-likeness (QED) is 0.633. The minimum Gasteiger partial charge on any atom is -0.316 e. The number of nitrogens with one attached hydrogen (secondary N) is 1. The highest BCUT2D eigenvalue weighted by Gasteiger charge is 2.10. The molecule has 0 amide bonds. The number of nitrogens with zero attached hydrogens (tertiary/aromatic N) is 2. The Kier molecular flexibility index (Phi) is 5.35. The average molecular weight is 185 g/mol. The normalized spacial score (nSPS) is 21.7. The SMILES string of the molecule is CCNCCN1CCCN(C)CC1. The zero-order valence-corrected chi connectivity index (χ0v) is 9.05. The molecule has 13 heavy (non-hydrogen) atoms. The van der Waals surface area contributed by atoms with Crippen LogP contribution in [0.1, 0.15) is 13.3 Å². The molecule has 0 aromatic rings. The van der Waals surface area contributed by atoms with Gasteiger partial charge in [0.15, 0.2) is 0 Å². The summed E-state index contributed by atoms with van der Waals surface area (Å²) in [5.74, 6) is 0. The molecule has 0 aliphatic carbocycles. The third-order valence-corrected chi connectivity index (χ3v) is 2.67. The van der Waals surface area contributed by atoms with Crippen LogP contribution < -0.4 is 5.32 Å². The van der Waals surface area contributed by atoms with Crippen molar-refractivity contribution < 1.29 is 0 Å². The number of likely N-dealkylation sites (N-methyl/N-ethyl adjacent to an activating group) is 2. The third kappa shape index (κ3) is 4.60. The van der Waals surface area contributed by atoms with Crippen molar-refractivity contribution in [1.82, 2.24) is 15.1 Å². The summed E-state index contributed by atoms with van der Waals surface area (Å²) < 4.78 is 0. The lowest BCUT2D eigenvalue weighted by molar-refractivity contribution is 0.276. The molecule has 1 saturated heterocycles. The minimum atomic E-state index is 1.09. The maximum Gasteiger partial charge on any atom is 0.0110 e. The smallest absolute Gasteiger partial charge is 0.0110 e. The molecule has 0 aromatic heterocycles. The van der Waals surface area contributed by atoms with E-state index in [1.54, 1.807) is 0 Å². The van der Waals surface area contributed by atoms with Crippen LogP contribution in [0.4, 0.5) is 0 Å². The first-order valence-corrected chi connectivity index (χ1v) is 5.44. The number of hydrogen-bond acceptors (Lipinski definition) is 3. The van der Waals surface area contributed by atoms with Crippen molar-refractivity contribution in [2.75, 3.05) is 52.9 Å². The Morgan fingerprint density at radius 3 is 2.77 bits per heavy atom. The molecule has 1 aliphatic heterocycles. The lowest BCUT2D eigenvalue weighted by atomic mass is 10.4. The molecule has 1 aliphatic rings. The topological polar surface area (TPSA) is 18.5 Å². The van der Waals surface area contributed by atoms with E-state index in [-0.39, 0.29) is 0 Å². The van der Waals surface area contributed by atoms with Gasteiger partial charge in [-0.3, -0.25) is 0 Å². The molecule has 1 fully saturated rings. The molecular weight excluding hydrogens is 162 g/mol. The maximum atomic E-state index is 3.37. The van der Waals surface area contributed by atoms with E-state index >= 15 is 0 Å². The molecule has 1 N–H and O–H groups in total. The average Bonchev–Trinajstić information content (AvgIpc) is 2.32. The van der Waals surface area contributed by atoms with Gasteiger partial charge in [0.2, 0.25) is 0 Å². The standard InChI is InChI=1S/C10H23N3/c1-3-11-5-8-13-7-4-6-12(2)9-10-13/h11H,3-10H2,1-2H3. The fourth-order valence-corrected chi connectivity index (χ4v) is 1.74. The Balaban J connectivity index is 2.11. The van der Waals surface area contributed by atoms with Crippen molar-refractivity contribution >= 4 is 0 Å². The highest BCUT2D eigenvalue weighted by Crippen LogP contribution is 1.99. The van der Waals surface area contributed by atoms with E-state index in [4.69, 9.17) is 0 Å². The van der Waals surface area contributed by atoms with Crippen molar-refractivity contribution in [2.45, 2.75) is 13.3 Å². The van der Waals surface area contributed by atoms with E-state index in [9.17, 15) is 0 Å². The van der Waals surface area contributed by atoms with E-state index in [1.807, 2.05) is 0 Å². The van der Waals surface area contributed by atoms with Gasteiger partial charge in [0.25, 0.3) is 0 Å².